The second-order valence-corrected chi connectivity index (χ2v) is 5.58. The Morgan fingerprint density at radius 2 is 2.26 bits per heavy atom. The molecule has 0 saturated carbocycles. The SMILES string of the molecule is CCn1cc(NS(=O)(=O)c2n[nH]c(C)c2CO)cn1. The fraction of sp³-hybridized carbons (Fsp3) is 0.400. The first-order valence-corrected chi connectivity index (χ1v) is 7.16. The number of sulfonamides is 1. The van der Waals surface area contributed by atoms with Crippen molar-refractivity contribution in [3.8, 4) is 0 Å². The molecule has 0 saturated heterocycles. The molecule has 0 unspecified atom stereocenters. The smallest absolute Gasteiger partial charge is 0.281 e. The van der Waals surface area contributed by atoms with Gasteiger partial charge in [0.05, 0.1) is 18.5 Å². The number of aliphatic hydroxyl groups is 1. The number of anilines is 1. The first kappa shape index (κ1) is 13.6. The Balaban J connectivity index is 2.32. The lowest BCUT2D eigenvalue weighted by Crippen LogP contribution is -2.15. The molecular weight excluding hydrogens is 270 g/mol. The average Bonchev–Trinajstić information content (AvgIpc) is 2.95. The van der Waals surface area contributed by atoms with Crippen molar-refractivity contribution >= 4 is 15.7 Å². The van der Waals surface area contributed by atoms with Gasteiger partial charge in [-0.1, -0.05) is 0 Å². The number of aliphatic hydroxyl groups excluding tert-OH is 1. The van der Waals surface area contributed by atoms with Crippen LogP contribution < -0.4 is 4.72 Å². The number of nitrogens with zero attached hydrogens (tertiary/aromatic N) is 3. The summed E-state index contributed by atoms with van der Waals surface area (Å²) in [6.07, 6.45) is 2.99. The van der Waals surface area contributed by atoms with Gasteiger partial charge in [0.25, 0.3) is 10.0 Å². The van der Waals surface area contributed by atoms with Gasteiger partial charge < -0.3 is 5.11 Å². The summed E-state index contributed by atoms with van der Waals surface area (Å²) in [5, 5.41) is 19.2. The van der Waals surface area contributed by atoms with E-state index in [0.29, 0.717) is 17.9 Å². The summed E-state index contributed by atoms with van der Waals surface area (Å²) in [5.74, 6) is 0. The summed E-state index contributed by atoms with van der Waals surface area (Å²) >= 11 is 0. The molecule has 0 bridgehead atoms. The average molecular weight is 285 g/mol. The molecule has 104 valence electrons. The summed E-state index contributed by atoms with van der Waals surface area (Å²) in [4.78, 5) is 0. The molecule has 0 radical (unpaired) electrons. The summed E-state index contributed by atoms with van der Waals surface area (Å²) < 4.78 is 28.3. The molecule has 0 aliphatic heterocycles. The predicted molar refractivity (Wildman–Crippen MR) is 68.0 cm³/mol. The van der Waals surface area contributed by atoms with E-state index in [0.717, 1.165) is 0 Å². The lowest BCUT2D eigenvalue weighted by molar-refractivity contribution is 0.277. The summed E-state index contributed by atoms with van der Waals surface area (Å²) in [7, 11) is -3.84. The molecule has 2 heterocycles. The van der Waals surface area contributed by atoms with Gasteiger partial charge in [0, 0.05) is 24.0 Å². The van der Waals surface area contributed by atoms with Crippen molar-refractivity contribution in [3.63, 3.8) is 0 Å². The number of aryl methyl sites for hydroxylation is 2. The maximum atomic E-state index is 12.2. The molecule has 2 rings (SSSR count). The van der Waals surface area contributed by atoms with Gasteiger partial charge in [0.1, 0.15) is 0 Å². The monoisotopic (exact) mass is 285 g/mol. The van der Waals surface area contributed by atoms with Crippen molar-refractivity contribution in [2.24, 2.45) is 0 Å². The topological polar surface area (TPSA) is 113 Å². The third kappa shape index (κ3) is 2.61. The molecule has 0 fully saturated rings. The number of aromatic nitrogens is 4. The van der Waals surface area contributed by atoms with Crippen molar-refractivity contribution in [2.75, 3.05) is 4.72 Å². The van der Waals surface area contributed by atoms with Crippen molar-refractivity contribution in [2.45, 2.75) is 32.0 Å². The Labute approximate surface area is 110 Å². The largest absolute Gasteiger partial charge is 0.392 e. The fourth-order valence-electron chi connectivity index (χ4n) is 1.63. The second kappa shape index (κ2) is 5.02. The number of rotatable bonds is 5. The molecule has 0 amide bonds. The zero-order chi connectivity index (χ0) is 14.0. The van der Waals surface area contributed by atoms with Crippen LogP contribution in [0.25, 0.3) is 0 Å². The molecule has 2 aromatic heterocycles. The first-order chi connectivity index (χ1) is 8.97. The van der Waals surface area contributed by atoms with E-state index in [9.17, 15) is 13.5 Å². The van der Waals surface area contributed by atoms with E-state index < -0.39 is 16.6 Å². The van der Waals surface area contributed by atoms with Crippen LogP contribution in [-0.2, 0) is 23.2 Å². The number of hydrogen-bond acceptors (Lipinski definition) is 5. The molecule has 2 aromatic rings. The Kier molecular flexibility index (Phi) is 3.58. The van der Waals surface area contributed by atoms with Crippen LogP contribution in [0.5, 0.6) is 0 Å². The van der Waals surface area contributed by atoms with Crippen LogP contribution in [0.3, 0.4) is 0 Å². The van der Waals surface area contributed by atoms with Crippen molar-refractivity contribution in [1.29, 1.82) is 0 Å². The summed E-state index contributed by atoms with van der Waals surface area (Å²) in [6.45, 7) is 3.79. The lowest BCUT2D eigenvalue weighted by atomic mass is 10.3. The number of nitrogens with one attached hydrogen (secondary N) is 2. The minimum absolute atomic E-state index is 0.197. The molecule has 0 aliphatic rings. The lowest BCUT2D eigenvalue weighted by Gasteiger charge is -2.04. The molecule has 0 atom stereocenters. The van der Waals surface area contributed by atoms with Crippen molar-refractivity contribution < 1.29 is 13.5 Å². The Morgan fingerprint density at radius 1 is 1.53 bits per heavy atom. The highest BCUT2D eigenvalue weighted by Gasteiger charge is 2.23. The maximum Gasteiger partial charge on any atom is 0.281 e. The van der Waals surface area contributed by atoms with E-state index in [4.69, 9.17) is 0 Å². The Hall–Kier alpha value is -1.87. The Morgan fingerprint density at radius 3 is 2.84 bits per heavy atom. The summed E-state index contributed by atoms with van der Waals surface area (Å²) in [5.41, 5.74) is 1.13. The van der Waals surface area contributed by atoms with E-state index in [1.54, 1.807) is 17.8 Å². The van der Waals surface area contributed by atoms with Crippen molar-refractivity contribution in [1.82, 2.24) is 20.0 Å². The molecule has 9 heteroatoms. The summed E-state index contributed by atoms with van der Waals surface area (Å²) in [6, 6.07) is 0. The predicted octanol–water partition coefficient (Wildman–Crippen LogP) is 0.228. The standard InChI is InChI=1S/C10H15N5O3S/c1-3-15-5-8(4-11-15)14-19(17,18)10-9(6-16)7(2)12-13-10/h4-5,14,16H,3,6H2,1-2H3,(H,12,13). The van der Waals surface area contributed by atoms with Gasteiger partial charge in [-0.25, -0.2) is 0 Å². The zero-order valence-electron chi connectivity index (χ0n) is 10.6. The molecule has 3 N–H and O–H groups in total. The van der Waals surface area contributed by atoms with E-state index in [2.05, 4.69) is 20.0 Å². The molecular formula is C10H15N5O3S. The van der Waals surface area contributed by atoms with Gasteiger partial charge >= 0.3 is 0 Å². The van der Waals surface area contributed by atoms with Gasteiger partial charge in [0.2, 0.25) is 5.03 Å². The minimum Gasteiger partial charge on any atom is -0.392 e. The quantitative estimate of drug-likeness (QED) is 0.727. The van der Waals surface area contributed by atoms with Crippen LogP contribution >= 0.6 is 0 Å². The molecule has 0 aromatic carbocycles. The first-order valence-electron chi connectivity index (χ1n) is 5.68. The van der Waals surface area contributed by atoms with Crippen LogP contribution in [0.1, 0.15) is 18.2 Å². The fourth-order valence-corrected chi connectivity index (χ4v) is 2.85. The molecule has 19 heavy (non-hydrogen) atoms. The third-order valence-corrected chi connectivity index (χ3v) is 4.01. The van der Waals surface area contributed by atoms with E-state index >= 15 is 0 Å². The van der Waals surface area contributed by atoms with Gasteiger partial charge in [-0.15, -0.1) is 0 Å². The highest BCUT2D eigenvalue weighted by Crippen LogP contribution is 2.19. The van der Waals surface area contributed by atoms with Crippen LogP contribution in [-0.4, -0.2) is 33.5 Å². The number of hydrogen-bond donors (Lipinski definition) is 3. The van der Waals surface area contributed by atoms with Crippen LogP contribution in [0.15, 0.2) is 17.4 Å². The van der Waals surface area contributed by atoms with Gasteiger partial charge in [-0.05, 0) is 13.8 Å². The third-order valence-electron chi connectivity index (χ3n) is 2.66. The highest BCUT2D eigenvalue weighted by atomic mass is 32.2. The number of aromatic amines is 1. The van der Waals surface area contributed by atoms with Crippen LogP contribution in [0, 0.1) is 6.92 Å². The normalized spacial score (nSPS) is 11.7. The van der Waals surface area contributed by atoms with Gasteiger partial charge in [-0.2, -0.15) is 18.6 Å². The highest BCUT2D eigenvalue weighted by molar-refractivity contribution is 7.92. The molecule has 0 aliphatic carbocycles. The molecule has 8 nitrogen and oxygen atoms in total. The minimum atomic E-state index is -3.84. The van der Waals surface area contributed by atoms with Crippen LogP contribution in [0.4, 0.5) is 5.69 Å². The maximum absolute atomic E-state index is 12.2. The zero-order valence-corrected chi connectivity index (χ0v) is 11.4. The van der Waals surface area contributed by atoms with Crippen molar-refractivity contribution in [3.05, 3.63) is 23.7 Å². The second-order valence-electron chi connectivity index (χ2n) is 3.98. The van der Waals surface area contributed by atoms with E-state index in [1.807, 2.05) is 6.92 Å². The number of H-pyrrole nitrogens is 1. The molecule has 0 spiro atoms. The van der Waals surface area contributed by atoms with Gasteiger partial charge in [0.15, 0.2) is 0 Å². The van der Waals surface area contributed by atoms with Crippen LogP contribution in [0.2, 0.25) is 0 Å². The van der Waals surface area contributed by atoms with Gasteiger partial charge in [-0.3, -0.25) is 14.5 Å². The van der Waals surface area contributed by atoms with E-state index in [1.165, 1.54) is 6.20 Å². The van der Waals surface area contributed by atoms with E-state index in [-0.39, 0.29) is 10.6 Å². The Bertz CT molecular complexity index is 673.